The maximum atomic E-state index is 12.9. The van der Waals surface area contributed by atoms with Gasteiger partial charge in [-0.3, -0.25) is 9.59 Å². The Kier molecular flexibility index (Phi) is 6.37. The maximum Gasteiger partial charge on any atom is 0.291 e. The molecule has 2 aromatic carbocycles. The van der Waals surface area contributed by atoms with Gasteiger partial charge < -0.3 is 15.1 Å². The van der Waals surface area contributed by atoms with E-state index in [-0.39, 0.29) is 17.6 Å². The number of benzene rings is 2. The Morgan fingerprint density at radius 2 is 1.59 bits per heavy atom. The zero-order valence-electron chi connectivity index (χ0n) is 17.6. The molecule has 2 N–H and O–H groups in total. The highest BCUT2D eigenvalue weighted by atomic mass is 32.2. The molecule has 0 fully saturated rings. The highest BCUT2D eigenvalue weighted by Gasteiger charge is 2.15. The van der Waals surface area contributed by atoms with Crippen LogP contribution in [0.1, 0.15) is 32.0 Å². The average molecular weight is 444 g/mol. The molecule has 0 aliphatic rings. The minimum Gasteiger partial charge on any atom is -0.459 e. The summed E-state index contributed by atoms with van der Waals surface area (Å²) in [7, 11) is 0. The van der Waals surface area contributed by atoms with Crippen LogP contribution in [0.5, 0.6) is 0 Å². The first-order chi connectivity index (χ1) is 15.5. The minimum absolute atomic E-state index is 0.229. The van der Waals surface area contributed by atoms with Gasteiger partial charge in [-0.25, -0.2) is 4.98 Å². The maximum absolute atomic E-state index is 12.9. The summed E-state index contributed by atoms with van der Waals surface area (Å²) in [5.41, 5.74) is 4.02. The lowest BCUT2D eigenvalue weighted by Gasteiger charge is -2.11. The van der Waals surface area contributed by atoms with Crippen LogP contribution in [0.25, 0.3) is 0 Å². The smallest absolute Gasteiger partial charge is 0.291 e. The molecule has 0 radical (unpaired) electrons. The van der Waals surface area contributed by atoms with Gasteiger partial charge in [0.25, 0.3) is 11.8 Å². The van der Waals surface area contributed by atoms with E-state index in [2.05, 4.69) is 28.6 Å². The van der Waals surface area contributed by atoms with E-state index in [1.807, 2.05) is 19.1 Å². The van der Waals surface area contributed by atoms with Crippen molar-refractivity contribution >= 4 is 35.0 Å². The molecule has 0 aliphatic carbocycles. The first-order valence-corrected chi connectivity index (χ1v) is 10.8. The number of pyridine rings is 1. The number of anilines is 2. The van der Waals surface area contributed by atoms with Gasteiger partial charge in [-0.2, -0.15) is 0 Å². The number of hydrogen-bond donors (Lipinski definition) is 2. The van der Waals surface area contributed by atoms with Crippen molar-refractivity contribution in [2.75, 3.05) is 10.6 Å². The second kappa shape index (κ2) is 9.53. The number of nitrogens with zero attached hydrogens (tertiary/aromatic N) is 1. The van der Waals surface area contributed by atoms with Crippen LogP contribution in [0.15, 0.2) is 93.5 Å². The molecule has 0 saturated carbocycles. The average Bonchev–Trinajstić information content (AvgIpc) is 3.32. The van der Waals surface area contributed by atoms with Crippen LogP contribution >= 0.6 is 11.8 Å². The van der Waals surface area contributed by atoms with Crippen LogP contribution in [-0.4, -0.2) is 16.8 Å². The molecule has 0 saturated heterocycles. The first-order valence-electron chi connectivity index (χ1n) is 9.96. The first kappa shape index (κ1) is 21.4. The lowest BCUT2D eigenvalue weighted by atomic mass is 10.2. The van der Waals surface area contributed by atoms with E-state index in [0.29, 0.717) is 22.0 Å². The second-order valence-electron chi connectivity index (χ2n) is 7.19. The topological polar surface area (TPSA) is 84.2 Å². The number of hydrogen-bond acceptors (Lipinski definition) is 5. The van der Waals surface area contributed by atoms with Gasteiger partial charge >= 0.3 is 0 Å². The van der Waals surface area contributed by atoms with Gasteiger partial charge in [-0.15, -0.1) is 0 Å². The zero-order valence-corrected chi connectivity index (χ0v) is 18.4. The molecule has 0 aliphatic heterocycles. The Bertz CT molecular complexity index is 1250. The molecule has 32 heavy (non-hydrogen) atoms. The predicted octanol–water partition coefficient (Wildman–Crippen LogP) is 5.95. The summed E-state index contributed by atoms with van der Waals surface area (Å²) in [5.74, 6) is -0.360. The molecule has 2 aromatic heterocycles. The zero-order chi connectivity index (χ0) is 22.5. The van der Waals surface area contributed by atoms with E-state index >= 15 is 0 Å². The van der Waals surface area contributed by atoms with Crippen LogP contribution < -0.4 is 10.6 Å². The standard InChI is InChI=1S/C25H21N3O3S/c1-16-7-12-22(17(2)15-16)32-25-20(5-3-13-26-25)23(29)27-18-8-10-19(11-9-18)28-24(30)21-6-4-14-31-21/h3-15H,1-2H3,(H,27,29)(H,28,30). The fourth-order valence-corrected chi connectivity index (χ4v) is 4.05. The Labute approximate surface area is 190 Å². The lowest BCUT2D eigenvalue weighted by Crippen LogP contribution is -2.14. The quantitative estimate of drug-likeness (QED) is 0.385. The van der Waals surface area contributed by atoms with Crippen LogP contribution in [0.4, 0.5) is 11.4 Å². The minimum atomic E-state index is -0.338. The molecule has 4 aromatic rings. The van der Waals surface area contributed by atoms with Crippen LogP contribution in [0, 0.1) is 13.8 Å². The molecule has 2 heterocycles. The molecule has 160 valence electrons. The van der Waals surface area contributed by atoms with Crippen molar-refractivity contribution in [3.63, 3.8) is 0 Å². The summed E-state index contributed by atoms with van der Waals surface area (Å²) in [5, 5.41) is 6.27. The van der Waals surface area contributed by atoms with Crippen molar-refractivity contribution in [1.82, 2.24) is 4.98 Å². The van der Waals surface area contributed by atoms with Gasteiger partial charge in [0.15, 0.2) is 5.76 Å². The third kappa shape index (κ3) is 5.07. The largest absolute Gasteiger partial charge is 0.459 e. The van der Waals surface area contributed by atoms with E-state index in [4.69, 9.17) is 4.42 Å². The van der Waals surface area contributed by atoms with Gasteiger partial charge in [-0.05, 0) is 74.0 Å². The summed E-state index contributed by atoms with van der Waals surface area (Å²) in [6.45, 7) is 4.10. The number of furan rings is 1. The molecule has 0 bridgehead atoms. The van der Waals surface area contributed by atoms with E-state index in [1.165, 1.54) is 23.6 Å². The Morgan fingerprint density at radius 1 is 0.875 bits per heavy atom. The summed E-state index contributed by atoms with van der Waals surface area (Å²) in [6.07, 6.45) is 3.12. The monoisotopic (exact) mass is 443 g/mol. The number of carbonyl (C=O) groups excluding carboxylic acids is 2. The number of carbonyl (C=O) groups is 2. The number of aryl methyl sites for hydroxylation is 2. The van der Waals surface area contributed by atoms with Crippen LogP contribution in [0.3, 0.4) is 0 Å². The van der Waals surface area contributed by atoms with Crippen LogP contribution in [-0.2, 0) is 0 Å². The van der Waals surface area contributed by atoms with Crippen molar-refractivity contribution < 1.29 is 14.0 Å². The number of aromatic nitrogens is 1. The van der Waals surface area contributed by atoms with Gasteiger partial charge in [0.05, 0.1) is 11.8 Å². The molecular weight excluding hydrogens is 422 g/mol. The van der Waals surface area contributed by atoms with Crippen molar-refractivity contribution in [3.05, 3.63) is 102 Å². The molecule has 7 heteroatoms. The fraction of sp³-hybridized carbons (Fsp3) is 0.0800. The SMILES string of the molecule is Cc1ccc(Sc2ncccc2C(=O)Nc2ccc(NC(=O)c3ccco3)cc2)c(C)c1. The summed E-state index contributed by atoms with van der Waals surface area (Å²) >= 11 is 1.47. The third-order valence-electron chi connectivity index (χ3n) is 4.70. The summed E-state index contributed by atoms with van der Waals surface area (Å²) in [4.78, 5) is 30.5. The Hall–Kier alpha value is -3.84. The predicted molar refractivity (Wildman–Crippen MR) is 125 cm³/mol. The highest BCUT2D eigenvalue weighted by Crippen LogP contribution is 2.32. The molecule has 0 spiro atoms. The van der Waals surface area contributed by atoms with Crippen molar-refractivity contribution in [1.29, 1.82) is 0 Å². The van der Waals surface area contributed by atoms with E-state index < -0.39 is 0 Å². The highest BCUT2D eigenvalue weighted by molar-refractivity contribution is 7.99. The Balaban J connectivity index is 1.45. The van der Waals surface area contributed by atoms with Crippen molar-refractivity contribution in [2.45, 2.75) is 23.8 Å². The van der Waals surface area contributed by atoms with Gasteiger partial charge in [0, 0.05) is 22.5 Å². The van der Waals surface area contributed by atoms with E-state index in [0.717, 1.165) is 10.5 Å². The number of nitrogens with one attached hydrogen (secondary N) is 2. The molecule has 4 rings (SSSR count). The van der Waals surface area contributed by atoms with Gasteiger partial charge in [0.2, 0.25) is 0 Å². The Morgan fingerprint density at radius 3 is 2.25 bits per heavy atom. The summed E-state index contributed by atoms with van der Waals surface area (Å²) in [6, 6.07) is 19.8. The number of amides is 2. The number of rotatable bonds is 6. The third-order valence-corrected chi connectivity index (χ3v) is 5.90. The van der Waals surface area contributed by atoms with E-state index in [9.17, 15) is 9.59 Å². The second-order valence-corrected chi connectivity index (χ2v) is 8.22. The van der Waals surface area contributed by atoms with Gasteiger partial charge in [-0.1, -0.05) is 29.5 Å². The molecule has 2 amide bonds. The van der Waals surface area contributed by atoms with Crippen LogP contribution in [0.2, 0.25) is 0 Å². The van der Waals surface area contributed by atoms with Gasteiger partial charge in [0.1, 0.15) is 5.03 Å². The molecule has 6 nitrogen and oxygen atoms in total. The molecule has 0 unspecified atom stereocenters. The van der Waals surface area contributed by atoms with E-state index in [1.54, 1.807) is 54.7 Å². The van der Waals surface area contributed by atoms with Crippen molar-refractivity contribution in [2.24, 2.45) is 0 Å². The fourth-order valence-electron chi connectivity index (χ4n) is 3.10. The lowest BCUT2D eigenvalue weighted by molar-refractivity contribution is 0.0994. The summed E-state index contributed by atoms with van der Waals surface area (Å²) < 4.78 is 5.08. The molecular formula is C25H21N3O3S. The van der Waals surface area contributed by atoms with Crippen molar-refractivity contribution in [3.8, 4) is 0 Å². The normalized spacial score (nSPS) is 10.6. The molecule has 0 atom stereocenters.